The molecular formula is C36H49N9O7S3. The van der Waals surface area contributed by atoms with Crippen molar-refractivity contribution in [2.75, 3.05) is 96.8 Å². The summed E-state index contributed by atoms with van der Waals surface area (Å²) in [6.07, 6.45) is 6.29. The van der Waals surface area contributed by atoms with Gasteiger partial charge in [-0.2, -0.15) is 9.97 Å². The summed E-state index contributed by atoms with van der Waals surface area (Å²) >= 11 is 1.23. The van der Waals surface area contributed by atoms with Crippen LogP contribution >= 0.6 is 11.5 Å². The number of aryl methyl sites for hydroxylation is 2. The summed E-state index contributed by atoms with van der Waals surface area (Å²) in [5.41, 5.74) is 2.28. The van der Waals surface area contributed by atoms with Crippen LogP contribution < -0.4 is 19.6 Å². The van der Waals surface area contributed by atoms with E-state index in [9.17, 15) is 18.3 Å². The lowest BCUT2D eigenvalue weighted by molar-refractivity contribution is 0.0231. The topological polar surface area (TPSA) is 177 Å². The molecule has 2 atom stereocenters. The number of carbonyl (C=O) groups excluding carboxylic acids is 1. The highest BCUT2D eigenvalue weighted by molar-refractivity contribution is 7.85. The normalized spacial score (nSPS) is 23.0. The molecule has 2 unspecified atom stereocenters. The molecule has 6 aliphatic heterocycles. The molecule has 9 heterocycles. The van der Waals surface area contributed by atoms with Crippen LogP contribution in [0.3, 0.4) is 0 Å². The van der Waals surface area contributed by atoms with E-state index in [0.29, 0.717) is 73.6 Å². The fraction of sp³-hybridized carbons (Fsp3) is 0.667. The van der Waals surface area contributed by atoms with Crippen LogP contribution in [0, 0.1) is 0 Å². The lowest BCUT2D eigenvalue weighted by atomic mass is 10.1. The van der Waals surface area contributed by atoms with Crippen molar-refractivity contribution < 1.29 is 32.5 Å². The van der Waals surface area contributed by atoms with E-state index in [1.54, 1.807) is 5.38 Å². The molecule has 19 heteroatoms. The number of aliphatic hydroxyl groups excluding tert-OH is 1. The predicted octanol–water partition coefficient (Wildman–Crippen LogP) is 1.97. The van der Waals surface area contributed by atoms with E-state index in [0.717, 1.165) is 104 Å². The number of rotatable bonds is 10. The van der Waals surface area contributed by atoms with Gasteiger partial charge in [-0.15, -0.1) is 0 Å². The summed E-state index contributed by atoms with van der Waals surface area (Å²) in [6, 6.07) is 0.697. The Morgan fingerprint density at radius 3 is 1.75 bits per heavy atom. The SMILES string of the molecule is CCN(c1nc(N2CC(O)C2)nc2c1S(=O)CC2)C1CCOCC1.CCN(c1nc(N2CC(OC(=O)c3cnsc3)C2)nc2c1S(=O)CC2)C1CCOCC1. The highest BCUT2D eigenvalue weighted by Crippen LogP contribution is 2.37. The molecule has 3 aromatic rings. The number of carbonyl (C=O) groups is 1. The van der Waals surface area contributed by atoms with Crippen LogP contribution in [-0.2, 0) is 48.7 Å². The molecule has 0 saturated carbocycles. The number of fused-ring (bicyclic) bond motifs is 2. The van der Waals surface area contributed by atoms with Crippen LogP contribution in [0.15, 0.2) is 21.4 Å². The number of aromatic nitrogens is 5. The third kappa shape index (κ3) is 8.10. The zero-order valence-electron chi connectivity index (χ0n) is 31.3. The van der Waals surface area contributed by atoms with Gasteiger partial charge in [-0.05, 0) is 51.1 Å². The first kappa shape index (κ1) is 38.5. The number of aliphatic hydroxyl groups is 1. The second-order valence-corrected chi connectivity index (χ2v) is 18.2. The van der Waals surface area contributed by atoms with E-state index in [-0.39, 0.29) is 18.2 Å². The molecule has 0 radical (unpaired) electrons. The zero-order chi connectivity index (χ0) is 38.1. The first-order valence-corrected chi connectivity index (χ1v) is 22.8. The van der Waals surface area contributed by atoms with Gasteiger partial charge in [0.1, 0.15) is 15.9 Å². The molecular weight excluding hydrogens is 767 g/mol. The summed E-state index contributed by atoms with van der Waals surface area (Å²) in [7, 11) is -2.08. The van der Waals surface area contributed by atoms with Crippen molar-refractivity contribution in [3.63, 3.8) is 0 Å². The van der Waals surface area contributed by atoms with Crippen molar-refractivity contribution in [2.45, 2.75) is 86.5 Å². The number of nitrogens with zero attached hydrogens (tertiary/aromatic N) is 9. The maximum absolute atomic E-state index is 12.7. The van der Waals surface area contributed by atoms with Crippen molar-refractivity contribution in [1.29, 1.82) is 0 Å². The Morgan fingerprint density at radius 2 is 1.31 bits per heavy atom. The molecule has 0 bridgehead atoms. The average Bonchev–Trinajstić information content (AvgIpc) is 3.94. The van der Waals surface area contributed by atoms with E-state index in [4.69, 9.17) is 29.2 Å². The van der Waals surface area contributed by atoms with Crippen molar-refractivity contribution in [2.24, 2.45) is 0 Å². The third-order valence-corrected chi connectivity index (χ3v) is 14.5. The van der Waals surface area contributed by atoms with E-state index in [1.807, 2.05) is 9.80 Å². The van der Waals surface area contributed by atoms with Gasteiger partial charge >= 0.3 is 5.97 Å². The second-order valence-electron chi connectivity index (χ2n) is 14.5. The predicted molar refractivity (Wildman–Crippen MR) is 209 cm³/mol. The van der Waals surface area contributed by atoms with Crippen molar-refractivity contribution >= 4 is 62.6 Å². The standard InChI is InChI=1S/C20H25N5O4S2.C16H24N4O3S/c1-2-25(14-3-6-28-7-4-14)18-17-16(5-8-31(17)27)22-20(23-18)24-10-15(11-24)29-19(26)13-9-21-30-12-13;1-2-20(11-3-6-23-7-4-11)15-14-13(5-8-24(14)22)17-16(18-15)19-9-12(21)10-19/h9,12,14-15H,2-8,10-11H2,1H3;11-12,21H,2-10H2,1H3. The second kappa shape index (κ2) is 17.0. The molecule has 0 aliphatic carbocycles. The minimum absolute atomic E-state index is 0.195. The lowest BCUT2D eigenvalue weighted by Crippen LogP contribution is -2.54. The Bertz CT molecular complexity index is 1880. The van der Waals surface area contributed by atoms with Crippen molar-refractivity contribution in [3.05, 3.63) is 28.5 Å². The van der Waals surface area contributed by atoms with Gasteiger partial charge in [0.15, 0.2) is 11.6 Å². The molecule has 9 rings (SSSR count). The minimum atomic E-state index is -1.06. The van der Waals surface area contributed by atoms with Crippen LogP contribution in [0.25, 0.3) is 0 Å². The Labute approximate surface area is 330 Å². The average molecular weight is 816 g/mol. The summed E-state index contributed by atoms with van der Waals surface area (Å²) in [6.45, 7) is 11.1. The minimum Gasteiger partial charge on any atom is -0.455 e. The van der Waals surface area contributed by atoms with E-state index >= 15 is 0 Å². The molecule has 4 fully saturated rings. The van der Waals surface area contributed by atoms with E-state index < -0.39 is 21.6 Å². The summed E-state index contributed by atoms with van der Waals surface area (Å²) in [5, 5.41) is 11.3. The number of esters is 1. The Kier molecular flexibility index (Phi) is 11.9. The fourth-order valence-corrected chi connectivity index (χ4v) is 11.2. The maximum atomic E-state index is 12.7. The van der Waals surface area contributed by atoms with Crippen molar-refractivity contribution in [1.82, 2.24) is 24.3 Å². The van der Waals surface area contributed by atoms with E-state index in [2.05, 4.69) is 33.0 Å². The molecule has 55 heavy (non-hydrogen) atoms. The number of hydrogen-bond donors (Lipinski definition) is 1. The van der Waals surface area contributed by atoms with Gasteiger partial charge < -0.3 is 38.9 Å². The van der Waals surface area contributed by atoms with Gasteiger partial charge in [-0.25, -0.2) is 19.1 Å². The molecule has 6 aliphatic rings. The largest absolute Gasteiger partial charge is 0.455 e. The van der Waals surface area contributed by atoms with Gasteiger partial charge in [-0.3, -0.25) is 8.42 Å². The number of anilines is 4. The lowest BCUT2D eigenvalue weighted by Gasteiger charge is -2.39. The monoisotopic (exact) mass is 815 g/mol. The molecule has 0 aromatic carbocycles. The van der Waals surface area contributed by atoms with Crippen LogP contribution in [0.4, 0.5) is 23.5 Å². The molecule has 0 amide bonds. The molecule has 4 saturated heterocycles. The van der Waals surface area contributed by atoms with E-state index in [1.165, 1.54) is 17.7 Å². The molecule has 16 nitrogen and oxygen atoms in total. The van der Waals surface area contributed by atoms with Crippen molar-refractivity contribution in [3.8, 4) is 0 Å². The molecule has 1 N–H and O–H groups in total. The number of hydrogen-bond acceptors (Lipinski definition) is 17. The van der Waals surface area contributed by atoms with Crippen LogP contribution in [0.1, 0.15) is 61.3 Å². The quantitative estimate of drug-likeness (QED) is 0.294. The van der Waals surface area contributed by atoms with Gasteiger partial charge in [0.2, 0.25) is 11.9 Å². The Hall–Kier alpha value is -3.36. The molecule has 298 valence electrons. The highest BCUT2D eigenvalue weighted by Gasteiger charge is 2.38. The molecule has 3 aromatic heterocycles. The summed E-state index contributed by atoms with van der Waals surface area (Å²) in [4.78, 5) is 41.4. The highest BCUT2D eigenvalue weighted by atomic mass is 32.2. The Balaban J connectivity index is 0.000000160. The summed E-state index contributed by atoms with van der Waals surface area (Å²) in [5.74, 6) is 3.81. The summed E-state index contributed by atoms with van der Waals surface area (Å²) < 4.78 is 45.8. The first-order valence-electron chi connectivity index (χ1n) is 19.4. The van der Waals surface area contributed by atoms with Crippen LogP contribution in [-0.4, -0.2) is 145 Å². The number of β-amino-alcohol motifs (C(OH)–C–C–N with tert-alkyl or cyclic N) is 1. The zero-order valence-corrected chi connectivity index (χ0v) is 33.8. The number of ether oxygens (including phenoxy) is 3. The van der Waals surface area contributed by atoms with Gasteiger partial charge in [0.05, 0.1) is 63.9 Å². The fourth-order valence-electron chi connectivity index (χ4n) is 7.98. The van der Waals surface area contributed by atoms with Crippen LogP contribution in [0.2, 0.25) is 0 Å². The third-order valence-electron chi connectivity index (χ3n) is 11.0. The first-order chi connectivity index (χ1) is 26.8. The van der Waals surface area contributed by atoms with Gasteiger partial charge in [0.25, 0.3) is 0 Å². The molecule has 0 spiro atoms. The Morgan fingerprint density at radius 1 is 0.818 bits per heavy atom. The smallest absolute Gasteiger partial charge is 0.341 e. The van der Waals surface area contributed by atoms with Gasteiger partial charge in [-0.1, -0.05) is 0 Å². The van der Waals surface area contributed by atoms with Gasteiger partial charge in [0, 0.05) is 94.4 Å². The maximum Gasteiger partial charge on any atom is 0.341 e. The van der Waals surface area contributed by atoms with Crippen LogP contribution in [0.5, 0.6) is 0 Å².